The van der Waals surface area contributed by atoms with Crippen molar-refractivity contribution in [2.45, 2.75) is 120 Å². The maximum Gasteiger partial charge on any atom is 0.238 e. The molecule has 5 nitrogen and oxygen atoms in total. The Morgan fingerprint density at radius 3 is 2.34 bits per heavy atom. The van der Waals surface area contributed by atoms with Crippen molar-refractivity contribution in [3.05, 3.63) is 63.4 Å². The highest BCUT2D eigenvalue weighted by Crippen LogP contribution is 2.66. The number of hydrogen-bond donors (Lipinski definition) is 2. The summed E-state index contributed by atoms with van der Waals surface area (Å²) >= 11 is 12.9. The topological polar surface area (TPSA) is 61.4 Å². The van der Waals surface area contributed by atoms with Gasteiger partial charge >= 0.3 is 0 Å². The van der Waals surface area contributed by atoms with Gasteiger partial charge in [0.15, 0.2) is 0 Å². The van der Waals surface area contributed by atoms with Gasteiger partial charge in [0.2, 0.25) is 11.8 Å². The van der Waals surface area contributed by atoms with Gasteiger partial charge in [0.1, 0.15) is 11.2 Å². The first-order chi connectivity index (χ1) is 21.0. The average molecular weight is 641 g/mol. The van der Waals surface area contributed by atoms with Gasteiger partial charge in [-0.1, -0.05) is 81.4 Å². The van der Waals surface area contributed by atoms with E-state index in [1.807, 2.05) is 12.1 Å². The highest BCUT2D eigenvalue weighted by molar-refractivity contribution is 6.31. The first-order valence-corrected chi connectivity index (χ1v) is 17.4. The highest BCUT2D eigenvalue weighted by atomic mass is 35.5. The number of rotatable bonds is 5. The fourth-order valence-electron chi connectivity index (χ4n) is 10.7. The van der Waals surface area contributed by atoms with Crippen LogP contribution in [0.4, 0.5) is 10.1 Å². The molecule has 6 aliphatic rings. The molecular formula is C36H44Cl2FN3O2. The summed E-state index contributed by atoms with van der Waals surface area (Å²) in [5.74, 6) is -0.972. The van der Waals surface area contributed by atoms with E-state index in [0.29, 0.717) is 34.2 Å². The predicted molar refractivity (Wildman–Crippen MR) is 174 cm³/mol. The predicted octanol–water partition coefficient (Wildman–Crippen LogP) is 8.38. The molecule has 2 aromatic carbocycles. The van der Waals surface area contributed by atoms with E-state index >= 15 is 9.18 Å². The van der Waals surface area contributed by atoms with E-state index in [9.17, 15) is 4.79 Å². The molecule has 8 heteroatoms. The number of hydrogen-bond acceptors (Lipinski definition) is 3. The molecule has 0 unspecified atom stereocenters. The molecular weight excluding hydrogens is 596 g/mol. The van der Waals surface area contributed by atoms with Gasteiger partial charge in [0.05, 0.1) is 11.1 Å². The molecule has 5 fully saturated rings. The quantitative estimate of drug-likeness (QED) is 0.345. The number of likely N-dealkylation sites (tertiary alicyclic amines) is 1. The van der Waals surface area contributed by atoms with Crippen LogP contribution in [0, 0.1) is 17.2 Å². The number of benzene rings is 2. The zero-order chi connectivity index (χ0) is 31.1. The fraction of sp³-hybridized carbons (Fsp3) is 0.611. The minimum absolute atomic E-state index is 0.00219. The molecule has 0 aromatic heterocycles. The van der Waals surface area contributed by atoms with E-state index in [1.165, 1.54) is 6.07 Å². The van der Waals surface area contributed by atoms with Crippen molar-refractivity contribution in [3.63, 3.8) is 0 Å². The Balaban J connectivity index is 1.42. The summed E-state index contributed by atoms with van der Waals surface area (Å²) in [4.78, 5) is 32.1. The van der Waals surface area contributed by atoms with E-state index in [4.69, 9.17) is 23.2 Å². The molecule has 236 valence electrons. The summed E-state index contributed by atoms with van der Waals surface area (Å²) in [6.45, 7) is 7.31. The van der Waals surface area contributed by atoms with Crippen LogP contribution in [0.3, 0.4) is 0 Å². The van der Waals surface area contributed by atoms with Gasteiger partial charge in [-0.3, -0.25) is 14.5 Å². The number of anilines is 1. The number of fused-ring (bicyclic) bond motifs is 6. The third-order valence-corrected chi connectivity index (χ3v) is 13.5. The van der Waals surface area contributed by atoms with Crippen molar-refractivity contribution in [3.8, 4) is 0 Å². The van der Waals surface area contributed by atoms with Crippen LogP contribution < -0.4 is 10.6 Å². The standard InChI is InChI=1S/C36H44Cl2FN3O2/c1-4-42-30(31(43)41-34-18-15-33(16-19-34,17-20-34)22(2)3)28(24-9-8-10-26(38)29(24)39)36(35(42)13-6-5-7-14-35)25-12-11-23(37)21-27(25)40-32(36)44/h8-12,21-22,28,30H,4-7,13-20H2,1-3H3,(H,40,44)(H,41,43)/t28-,30+,33?,34?,36+/m0/s1. The maximum absolute atomic E-state index is 16.4. The Morgan fingerprint density at radius 1 is 1.02 bits per heavy atom. The highest BCUT2D eigenvalue weighted by Gasteiger charge is 2.75. The summed E-state index contributed by atoms with van der Waals surface area (Å²) < 4.78 is 16.4. The summed E-state index contributed by atoms with van der Waals surface area (Å²) in [5.41, 5.74) is 0.0329. The van der Waals surface area contributed by atoms with Gasteiger partial charge in [-0.2, -0.15) is 0 Å². The van der Waals surface area contributed by atoms with Crippen LogP contribution in [-0.2, 0) is 15.0 Å². The van der Waals surface area contributed by atoms with Crippen LogP contribution in [0.2, 0.25) is 10.0 Å². The largest absolute Gasteiger partial charge is 0.349 e. The van der Waals surface area contributed by atoms with Gasteiger partial charge in [-0.05, 0) is 98.6 Å². The molecule has 44 heavy (non-hydrogen) atoms. The molecule has 2 heterocycles. The Hall–Kier alpha value is -2.15. The molecule has 4 saturated carbocycles. The molecule has 2 bridgehead atoms. The Labute approximate surface area is 270 Å². The number of carbonyl (C=O) groups excluding carboxylic acids is 2. The van der Waals surface area contributed by atoms with Crippen molar-refractivity contribution in [2.24, 2.45) is 11.3 Å². The number of halogens is 3. The van der Waals surface area contributed by atoms with Crippen LogP contribution in [0.5, 0.6) is 0 Å². The van der Waals surface area contributed by atoms with E-state index in [1.54, 1.807) is 18.2 Å². The number of amides is 2. The minimum Gasteiger partial charge on any atom is -0.349 e. The molecule has 4 aliphatic carbocycles. The molecule has 0 radical (unpaired) electrons. The second kappa shape index (κ2) is 10.7. The molecule has 2 spiro atoms. The number of nitrogens with zero attached hydrogens (tertiary/aromatic N) is 1. The molecule has 3 atom stereocenters. The molecule has 2 amide bonds. The second-order valence-corrected chi connectivity index (χ2v) is 15.5. The van der Waals surface area contributed by atoms with Crippen LogP contribution in [0.25, 0.3) is 0 Å². The lowest BCUT2D eigenvalue weighted by Crippen LogP contribution is -2.63. The van der Waals surface area contributed by atoms with Crippen LogP contribution in [0.1, 0.15) is 108 Å². The lowest BCUT2D eigenvalue weighted by Gasteiger charge is -2.56. The van der Waals surface area contributed by atoms with Crippen LogP contribution in [-0.4, -0.2) is 40.4 Å². The lowest BCUT2D eigenvalue weighted by molar-refractivity contribution is -0.133. The summed E-state index contributed by atoms with van der Waals surface area (Å²) in [6, 6.07) is 9.82. The molecule has 2 aromatic rings. The van der Waals surface area contributed by atoms with Crippen molar-refractivity contribution in [1.29, 1.82) is 0 Å². The zero-order valence-electron chi connectivity index (χ0n) is 26.1. The Morgan fingerprint density at radius 2 is 1.70 bits per heavy atom. The van der Waals surface area contributed by atoms with Gasteiger partial charge in [0.25, 0.3) is 0 Å². The molecule has 8 rings (SSSR count). The lowest BCUT2D eigenvalue weighted by atomic mass is 9.53. The van der Waals surface area contributed by atoms with Crippen LogP contribution >= 0.6 is 23.2 Å². The Bertz CT molecular complexity index is 1480. The van der Waals surface area contributed by atoms with E-state index < -0.39 is 28.7 Å². The van der Waals surface area contributed by atoms with Crippen molar-refractivity contribution >= 4 is 40.7 Å². The van der Waals surface area contributed by atoms with Gasteiger partial charge < -0.3 is 10.6 Å². The van der Waals surface area contributed by atoms with Crippen molar-refractivity contribution in [1.82, 2.24) is 10.2 Å². The Kier molecular flexibility index (Phi) is 7.42. The summed E-state index contributed by atoms with van der Waals surface area (Å²) in [7, 11) is 0. The van der Waals surface area contributed by atoms with E-state index in [2.05, 4.69) is 36.3 Å². The normalized spacial score (nSPS) is 34.1. The number of carbonyl (C=O) groups is 2. The van der Waals surface area contributed by atoms with Crippen LogP contribution in [0.15, 0.2) is 36.4 Å². The molecule has 1 saturated heterocycles. The van der Waals surface area contributed by atoms with E-state index in [-0.39, 0.29) is 22.4 Å². The van der Waals surface area contributed by atoms with Crippen molar-refractivity contribution in [2.75, 3.05) is 11.9 Å². The third kappa shape index (κ3) is 4.05. The van der Waals surface area contributed by atoms with Crippen molar-refractivity contribution < 1.29 is 14.0 Å². The van der Waals surface area contributed by atoms with Gasteiger partial charge in [-0.25, -0.2) is 4.39 Å². The monoisotopic (exact) mass is 639 g/mol. The molecule has 2 aliphatic heterocycles. The summed E-state index contributed by atoms with van der Waals surface area (Å²) in [5, 5.41) is 7.29. The smallest absolute Gasteiger partial charge is 0.238 e. The zero-order valence-corrected chi connectivity index (χ0v) is 27.6. The number of likely N-dealkylation sites (N-methyl/N-ethyl adjacent to an activating group) is 1. The van der Waals surface area contributed by atoms with Gasteiger partial charge in [0, 0.05) is 27.7 Å². The first-order valence-electron chi connectivity index (χ1n) is 16.7. The average Bonchev–Trinajstić information content (AvgIpc) is 3.44. The summed E-state index contributed by atoms with van der Waals surface area (Å²) in [6.07, 6.45) is 10.7. The SMILES string of the molecule is CCN1[C@@H](C(=O)NC23CCC(C(C)C)(CC2)CC3)[C@H](c2cccc(Cl)c2F)[C@]2(C(=O)Nc3cc(Cl)ccc32)C12CCCCC2. The first kappa shape index (κ1) is 30.5. The fourth-order valence-corrected chi connectivity index (χ4v) is 11.0. The maximum atomic E-state index is 16.4. The molecule has 2 N–H and O–H groups in total. The number of nitrogens with one attached hydrogen (secondary N) is 2. The minimum atomic E-state index is -1.19. The third-order valence-electron chi connectivity index (χ3n) is 12.9. The van der Waals surface area contributed by atoms with Gasteiger partial charge in [-0.15, -0.1) is 0 Å². The second-order valence-electron chi connectivity index (χ2n) is 14.7. The van der Waals surface area contributed by atoms with E-state index in [0.717, 1.165) is 76.2 Å².